The quantitative estimate of drug-likeness (QED) is 0.813. The van der Waals surface area contributed by atoms with Gasteiger partial charge in [0.15, 0.2) is 0 Å². The molecule has 2 fully saturated rings. The minimum absolute atomic E-state index is 0.0502. The van der Waals surface area contributed by atoms with Gasteiger partial charge in [-0.15, -0.1) is 0 Å². The standard InChI is InChI=1S/C17H23N3O3/c1-12(13-5-9-18-10-6-13)23-20-16(22)17(7-2-8-17)14-3-4-15(21)19-11-14/h5-6,9-10,12,14H,2-4,7-8,11H2,1H3,(H,19,21)(H,20,22)/t12-,14?/m0/s1. The Morgan fingerprint density at radius 3 is 2.74 bits per heavy atom. The largest absolute Gasteiger partial charge is 0.356 e. The Morgan fingerprint density at radius 1 is 1.43 bits per heavy atom. The molecule has 124 valence electrons. The van der Waals surface area contributed by atoms with Gasteiger partial charge in [-0.1, -0.05) is 6.42 Å². The van der Waals surface area contributed by atoms with E-state index in [0.29, 0.717) is 13.0 Å². The van der Waals surface area contributed by atoms with Gasteiger partial charge in [0, 0.05) is 25.4 Å². The van der Waals surface area contributed by atoms with Crippen LogP contribution >= 0.6 is 0 Å². The van der Waals surface area contributed by atoms with Crippen molar-refractivity contribution in [2.75, 3.05) is 6.54 Å². The zero-order valence-electron chi connectivity index (χ0n) is 13.4. The van der Waals surface area contributed by atoms with Crippen LogP contribution in [0.4, 0.5) is 0 Å². The number of rotatable bonds is 5. The molecule has 0 radical (unpaired) electrons. The molecule has 1 saturated heterocycles. The monoisotopic (exact) mass is 317 g/mol. The fourth-order valence-corrected chi connectivity index (χ4v) is 3.53. The number of piperidine rings is 1. The predicted molar refractivity (Wildman–Crippen MR) is 83.9 cm³/mol. The lowest BCUT2D eigenvalue weighted by Crippen LogP contribution is -2.55. The van der Waals surface area contributed by atoms with E-state index >= 15 is 0 Å². The van der Waals surface area contributed by atoms with Crippen LogP contribution < -0.4 is 10.8 Å². The molecule has 0 spiro atoms. The van der Waals surface area contributed by atoms with E-state index < -0.39 is 0 Å². The molecule has 2 aliphatic rings. The molecule has 1 aliphatic heterocycles. The molecule has 23 heavy (non-hydrogen) atoms. The summed E-state index contributed by atoms with van der Waals surface area (Å²) in [6.07, 6.45) is 7.25. The van der Waals surface area contributed by atoms with E-state index in [2.05, 4.69) is 15.8 Å². The van der Waals surface area contributed by atoms with Crippen LogP contribution in [0.5, 0.6) is 0 Å². The predicted octanol–water partition coefficient (Wildman–Crippen LogP) is 1.89. The van der Waals surface area contributed by atoms with Crippen molar-refractivity contribution in [3.05, 3.63) is 30.1 Å². The summed E-state index contributed by atoms with van der Waals surface area (Å²) in [5.74, 6) is 0.235. The summed E-state index contributed by atoms with van der Waals surface area (Å²) < 4.78 is 0. The molecular formula is C17H23N3O3. The van der Waals surface area contributed by atoms with Crippen molar-refractivity contribution in [2.24, 2.45) is 11.3 Å². The Labute approximate surface area is 136 Å². The second-order valence-corrected chi connectivity index (χ2v) is 6.52. The molecule has 0 aromatic carbocycles. The van der Waals surface area contributed by atoms with Crippen LogP contribution in [-0.2, 0) is 14.4 Å². The van der Waals surface area contributed by atoms with Crippen LogP contribution in [0.3, 0.4) is 0 Å². The van der Waals surface area contributed by atoms with Crippen LogP contribution in [0.1, 0.15) is 50.7 Å². The van der Waals surface area contributed by atoms with Crippen LogP contribution in [0.2, 0.25) is 0 Å². The maximum Gasteiger partial charge on any atom is 0.250 e. The Bertz CT molecular complexity index is 562. The van der Waals surface area contributed by atoms with Gasteiger partial charge in [0.2, 0.25) is 11.8 Å². The third-order valence-electron chi connectivity index (χ3n) is 5.25. The smallest absolute Gasteiger partial charge is 0.250 e. The Kier molecular flexibility index (Phi) is 4.61. The molecule has 1 aromatic rings. The second-order valence-electron chi connectivity index (χ2n) is 6.52. The zero-order valence-corrected chi connectivity index (χ0v) is 13.4. The number of amides is 2. The van der Waals surface area contributed by atoms with E-state index in [4.69, 9.17) is 4.84 Å². The zero-order chi connectivity index (χ0) is 16.3. The third kappa shape index (κ3) is 3.22. The molecule has 2 atom stereocenters. The topological polar surface area (TPSA) is 80.3 Å². The highest BCUT2D eigenvalue weighted by molar-refractivity contribution is 5.84. The van der Waals surface area contributed by atoms with Crippen molar-refractivity contribution in [3.8, 4) is 0 Å². The summed E-state index contributed by atoms with van der Waals surface area (Å²) in [6, 6.07) is 3.74. The van der Waals surface area contributed by atoms with Crippen molar-refractivity contribution < 1.29 is 14.4 Å². The van der Waals surface area contributed by atoms with Crippen LogP contribution in [0.15, 0.2) is 24.5 Å². The summed E-state index contributed by atoms with van der Waals surface area (Å²) in [5, 5.41) is 2.88. The molecule has 1 aliphatic carbocycles. The lowest BCUT2D eigenvalue weighted by atomic mass is 9.59. The molecule has 0 bridgehead atoms. The SMILES string of the molecule is C[C@H](ONC(=O)C1(C2CCC(=O)NC2)CCC1)c1ccncc1. The Morgan fingerprint density at radius 2 is 2.17 bits per heavy atom. The summed E-state index contributed by atoms with van der Waals surface area (Å²) in [7, 11) is 0. The summed E-state index contributed by atoms with van der Waals surface area (Å²) >= 11 is 0. The highest BCUT2D eigenvalue weighted by atomic mass is 16.7. The molecule has 2 amide bonds. The van der Waals surface area contributed by atoms with E-state index in [0.717, 1.165) is 31.2 Å². The molecule has 2 heterocycles. The van der Waals surface area contributed by atoms with E-state index in [-0.39, 0.29) is 29.3 Å². The summed E-state index contributed by atoms with van der Waals surface area (Å²) in [6.45, 7) is 2.48. The van der Waals surface area contributed by atoms with Gasteiger partial charge in [-0.25, -0.2) is 5.48 Å². The molecule has 3 rings (SSSR count). The van der Waals surface area contributed by atoms with Gasteiger partial charge >= 0.3 is 0 Å². The van der Waals surface area contributed by atoms with Gasteiger partial charge in [0.25, 0.3) is 0 Å². The van der Waals surface area contributed by atoms with Crippen molar-refractivity contribution in [1.82, 2.24) is 15.8 Å². The first-order chi connectivity index (χ1) is 11.1. The van der Waals surface area contributed by atoms with Crippen molar-refractivity contribution in [1.29, 1.82) is 0 Å². The number of carbonyl (C=O) groups excluding carboxylic acids is 2. The van der Waals surface area contributed by atoms with Crippen LogP contribution in [0.25, 0.3) is 0 Å². The summed E-state index contributed by atoms with van der Waals surface area (Å²) in [4.78, 5) is 33.6. The summed E-state index contributed by atoms with van der Waals surface area (Å²) in [5.41, 5.74) is 3.24. The molecule has 6 nitrogen and oxygen atoms in total. The Balaban J connectivity index is 1.59. The molecule has 2 N–H and O–H groups in total. The minimum Gasteiger partial charge on any atom is -0.356 e. The van der Waals surface area contributed by atoms with E-state index in [9.17, 15) is 9.59 Å². The lowest BCUT2D eigenvalue weighted by molar-refractivity contribution is -0.160. The molecule has 1 unspecified atom stereocenters. The van der Waals surface area contributed by atoms with Crippen molar-refractivity contribution in [2.45, 2.75) is 45.1 Å². The van der Waals surface area contributed by atoms with Gasteiger partial charge in [-0.05, 0) is 49.8 Å². The van der Waals surface area contributed by atoms with Gasteiger partial charge in [-0.3, -0.25) is 19.4 Å². The van der Waals surface area contributed by atoms with Crippen LogP contribution in [-0.4, -0.2) is 23.3 Å². The maximum absolute atomic E-state index is 12.7. The molecule has 6 heteroatoms. The Hall–Kier alpha value is -1.95. The highest BCUT2D eigenvalue weighted by Gasteiger charge is 2.51. The minimum atomic E-state index is -0.383. The van der Waals surface area contributed by atoms with Gasteiger partial charge < -0.3 is 5.32 Å². The number of carbonyl (C=O) groups is 2. The van der Waals surface area contributed by atoms with Gasteiger partial charge in [-0.2, -0.15) is 0 Å². The van der Waals surface area contributed by atoms with E-state index in [1.54, 1.807) is 12.4 Å². The van der Waals surface area contributed by atoms with Crippen molar-refractivity contribution in [3.63, 3.8) is 0 Å². The number of hydrogen-bond acceptors (Lipinski definition) is 4. The number of hydrogen-bond donors (Lipinski definition) is 2. The highest BCUT2D eigenvalue weighted by Crippen LogP contribution is 2.49. The van der Waals surface area contributed by atoms with Crippen LogP contribution in [0, 0.1) is 11.3 Å². The fourth-order valence-electron chi connectivity index (χ4n) is 3.53. The normalized spacial score (nSPS) is 24.2. The van der Waals surface area contributed by atoms with Crippen molar-refractivity contribution >= 4 is 11.8 Å². The first kappa shape index (κ1) is 15.9. The number of aromatic nitrogens is 1. The molecular weight excluding hydrogens is 294 g/mol. The number of pyridine rings is 1. The molecule has 1 aromatic heterocycles. The average molecular weight is 317 g/mol. The second kappa shape index (κ2) is 6.66. The third-order valence-corrected chi connectivity index (χ3v) is 5.25. The maximum atomic E-state index is 12.7. The number of nitrogens with zero attached hydrogens (tertiary/aromatic N) is 1. The van der Waals surface area contributed by atoms with E-state index in [1.165, 1.54) is 0 Å². The first-order valence-corrected chi connectivity index (χ1v) is 8.24. The lowest BCUT2D eigenvalue weighted by Gasteiger charge is -2.47. The number of hydroxylamine groups is 1. The first-order valence-electron chi connectivity index (χ1n) is 8.24. The molecule has 1 saturated carbocycles. The van der Waals surface area contributed by atoms with E-state index in [1.807, 2.05) is 19.1 Å². The van der Waals surface area contributed by atoms with Gasteiger partial charge in [0.1, 0.15) is 6.10 Å². The van der Waals surface area contributed by atoms with Gasteiger partial charge in [0.05, 0.1) is 5.41 Å². The number of nitrogens with one attached hydrogen (secondary N) is 2. The fraction of sp³-hybridized carbons (Fsp3) is 0.588. The average Bonchev–Trinajstić information content (AvgIpc) is 2.54.